The quantitative estimate of drug-likeness (QED) is 0.853. The van der Waals surface area contributed by atoms with Crippen LogP contribution in [-0.4, -0.2) is 26.7 Å². The zero-order chi connectivity index (χ0) is 13.0. The number of methoxy groups -OCH3 is 1. The Morgan fingerprint density at radius 2 is 1.94 bits per heavy atom. The summed E-state index contributed by atoms with van der Waals surface area (Å²) < 4.78 is 5.33. The van der Waals surface area contributed by atoms with E-state index in [0.29, 0.717) is 6.04 Å². The number of rotatable bonds is 5. The molecule has 3 heteroatoms. The highest BCUT2D eigenvalue weighted by Gasteiger charge is 2.14. The van der Waals surface area contributed by atoms with Crippen LogP contribution in [0.3, 0.4) is 0 Å². The minimum atomic E-state index is 0.450. The highest BCUT2D eigenvalue weighted by Crippen LogP contribution is 2.30. The molecule has 0 saturated heterocycles. The molecule has 1 aromatic rings. The second kappa shape index (κ2) is 5.92. The fourth-order valence-electron chi connectivity index (χ4n) is 2.06. The number of nitrogens with two attached hydrogens (primary N) is 1. The van der Waals surface area contributed by atoms with Crippen molar-refractivity contribution in [2.75, 3.05) is 25.6 Å². The van der Waals surface area contributed by atoms with Crippen molar-refractivity contribution < 1.29 is 4.74 Å². The van der Waals surface area contributed by atoms with Crippen molar-refractivity contribution in [3.63, 3.8) is 0 Å². The van der Waals surface area contributed by atoms with Crippen molar-refractivity contribution in [3.8, 4) is 5.75 Å². The van der Waals surface area contributed by atoms with Gasteiger partial charge in [0.1, 0.15) is 5.75 Å². The summed E-state index contributed by atoms with van der Waals surface area (Å²) in [6, 6.07) is 4.60. The standard InChI is InChI=1S/C14H24N2O/c1-10(8-9-15)16(4)13-6-7-14(17-5)12(3)11(13)2/h6-7,10H,8-9,15H2,1-5H3. The molecular weight excluding hydrogens is 212 g/mol. The molecule has 0 aliphatic heterocycles. The van der Waals surface area contributed by atoms with Gasteiger partial charge in [-0.3, -0.25) is 0 Å². The van der Waals surface area contributed by atoms with E-state index in [-0.39, 0.29) is 0 Å². The first kappa shape index (κ1) is 13.8. The molecule has 1 unspecified atom stereocenters. The maximum absolute atomic E-state index is 5.61. The Bertz CT molecular complexity index is 377. The third-order valence-corrected chi connectivity index (χ3v) is 3.55. The SMILES string of the molecule is COc1ccc(N(C)C(C)CCN)c(C)c1C. The van der Waals surface area contributed by atoms with E-state index in [1.165, 1.54) is 16.8 Å². The van der Waals surface area contributed by atoms with Crippen molar-refractivity contribution in [1.82, 2.24) is 0 Å². The van der Waals surface area contributed by atoms with Crippen molar-refractivity contribution in [1.29, 1.82) is 0 Å². The Balaban J connectivity index is 3.03. The lowest BCUT2D eigenvalue weighted by Crippen LogP contribution is -2.31. The molecule has 0 heterocycles. The summed E-state index contributed by atoms with van der Waals surface area (Å²) in [5.74, 6) is 0.950. The molecule has 1 aromatic carbocycles. The summed E-state index contributed by atoms with van der Waals surface area (Å²) in [7, 11) is 3.83. The summed E-state index contributed by atoms with van der Waals surface area (Å²) in [6.07, 6.45) is 1.00. The van der Waals surface area contributed by atoms with Crippen LogP contribution in [0.4, 0.5) is 5.69 Å². The molecule has 0 aliphatic carbocycles. The molecule has 0 fully saturated rings. The van der Waals surface area contributed by atoms with E-state index in [0.717, 1.165) is 18.7 Å². The Morgan fingerprint density at radius 1 is 1.29 bits per heavy atom. The number of hydrogen-bond donors (Lipinski definition) is 1. The molecule has 0 amide bonds. The molecule has 0 saturated carbocycles. The number of ether oxygens (including phenoxy) is 1. The van der Waals surface area contributed by atoms with Gasteiger partial charge >= 0.3 is 0 Å². The number of hydrogen-bond acceptors (Lipinski definition) is 3. The molecule has 0 aromatic heterocycles. The Morgan fingerprint density at radius 3 is 2.47 bits per heavy atom. The zero-order valence-electron chi connectivity index (χ0n) is 11.6. The van der Waals surface area contributed by atoms with Gasteiger partial charge in [-0.2, -0.15) is 0 Å². The van der Waals surface area contributed by atoms with Crippen LogP contribution in [-0.2, 0) is 0 Å². The first-order valence-electron chi connectivity index (χ1n) is 6.10. The van der Waals surface area contributed by atoms with Crippen LogP contribution in [0.5, 0.6) is 5.75 Å². The van der Waals surface area contributed by atoms with E-state index in [1.807, 2.05) is 6.07 Å². The summed E-state index contributed by atoms with van der Waals surface area (Å²) in [5.41, 5.74) is 9.35. The smallest absolute Gasteiger partial charge is 0.122 e. The number of anilines is 1. The maximum atomic E-state index is 5.61. The molecule has 0 spiro atoms. The molecular formula is C14H24N2O. The maximum Gasteiger partial charge on any atom is 0.122 e. The van der Waals surface area contributed by atoms with E-state index < -0.39 is 0 Å². The van der Waals surface area contributed by atoms with Gasteiger partial charge in [0.15, 0.2) is 0 Å². The lowest BCUT2D eigenvalue weighted by Gasteiger charge is -2.29. The minimum absolute atomic E-state index is 0.450. The fraction of sp³-hybridized carbons (Fsp3) is 0.571. The Kier molecular flexibility index (Phi) is 4.82. The summed E-state index contributed by atoms with van der Waals surface area (Å²) >= 11 is 0. The highest BCUT2D eigenvalue weighted by atomic mass is 16.5. The molecule has 3 nitrogen and oxygen atoms in total. The van der Waals surface area contributed by atoms with Gasteiger partial charge in [-0.05, 0) is 57.0 Å². The zero-order valence-corrected chi connectivity index (χ0v) is 11.6. The molecule has 2 N–H and O–H groups in total. The fourth-order valence-corrected chi connectivity index (χ4v) is 2.06. The predicted molar refractivity (Wildman–Crippen MR) is 74.0 cm³/mol. The molecule has 0 bridgehead atoms. The van der Waals surface area contributed by atoms with Gasteiger partial charge in [-0.1, -0.05) is 0 Å². The van der Waals surface area contributed by atoms with Crippen molar-refractivity contribution in [3.05, 3.63) is 23.3 Å². The van der Waals surface area contributed by atoms with E-state index in [9.17, 15) is 0 Å². The second-order valence-electron chi connectivity index (χ2n) is 4.57. The first-order valence-corrected chi connectivity index (χ1v) is 6.10. The molecule has 0 aliphatic rings. The molecule has 17 heavy (non-hydrogen) atoms. The number of benzene rings is 1. The molecule has 1 atom stereocenters. The normalized spacial score (nSPS) is 12.4. The van der Waals surface area contributed by atoms with Crippen LogP contribution >= 0.6 is 0 Å². The number of nitrogens with zero attached hydrogens (tertiary/aromatic N) is 1. The highest BCUT2D eigenvalue weighted by molar-refractivity contribution is 5.60. The van der Waals surface area contributed by atoms with Crippen molar-refractivity contribution >= 4 is 5.69 Å². The van der Waals surface area contributed by atoms with Gasteiger partial charge in [0.25, 0.3) is 0 Å². The van der Waals surface area contributed by atoms with E-state index in [2.05, 4.69) is 38.8 Å². The average molecular weight is 236 g/mol. The topological polar surface area (TPSA) is 38.5 Å². The molecule has 1 rings (SSSR count). The van der Waals surface area contributed by atoms with Gasteiger partial charge in [-0.15, -0.1) is 0 Å². The third-order valence-electron chi connectivity index (χ3n) is 3.55. The van der Waals surface area contributed by atoms with E-state index in [4.69, 9.17) is 10.5 Å². The minimum Gasteiger partial charge on any atom is -0.496 e. The van der Waals surface area contributed by atoms with Crippen molar-refractivity contribution in [2.45, 2.75) is 33.2 Å². The lowest BCUT2D eigenvalue weighted by atomic mass is 10.0. The Hall–Kier alpha value is -1.22. The van der Waals surface area contributed by atoms with Crippen LogP contribution in [0.15, 0.2) is 12.1 Å². The van der Waals surface area contributed by atoms with Crippen LogP contribution in [0, 0.1) is 13.8 Å². The van der Waals surface area contributed by atoms with E-state index >= 15 is 0 Å². The van der Waals surface area contributed by atoms with Crippen LogP contribution in [0.1, 0.15) is 24.5 Å². The van der Waals surface area contributed by atoms with Crippen LogP contribution in [0.25, 0.3) is 0 Å². The predicted octanol–water partition coefficient (Wildman–Crippen LogP) is 2.49. The third kappa shape index (κ3) is 2.91. The average Bonchev–Trinajstić information content (AvgIpc) is 2.32. The van der Waals surface area contributed by atoms with Crippen LogP contribution in [0.2, 0.25) is 0 Å². The van der Waals surface area contributed by atoms with Gasteiger partial charge in [0, 0.05) is 18.8 Å². The van der Waals surface area contributed by atoms with E-state index in [1.54, 1.807) is 7.11 Å². The van der Waals surface area contributed by atoms with Gasteiger partial charge < -0.3 is 15.4 Å². The summed E-state index contributed by atoms with van der Waals surface area (Å²) in [6.45, 7) is 7.16. The monoisotopic (exact) mass is 236 g/mol. The largest absolute Gasteiger partial charge is 0.496 e. The first-order chi connectivity index (χ1) is 8.02. The van der Waals surface area contributed by atoms with Gasteiger partial charge in [-0.25, -0.2) is 0 Å². The molecule has 0 radical (unpaired) electrons. The van der Waals surface area contributed by atoms with Gasteiger partial charge in [0.05, 0.1) is 7.11 Å². The summed E-state index contributed by atoms with van der Waals surface area (Å²) in [5, 5.41) is 0. The molecule has 96 valence electrons. The summed E-state index contributed by atoms with van der Waals surface area (Å²) in [4.78, 5) is 2.29. The van der Waals surface area contributed by atoms with Crippen molar-refractivity contribution in [2.24, 2.45) is 5.73 Å². The lowest BCUT2D eigenvalue weighted by molar-refractivity contribution is 0.411. The van der Waals surface area contributed by atoms with Crippen LogP contribution < -0.4 is 15.4 Å². The second-order valence-corrected chi connectivity index (χ2v) is 4.57. The van der Waals surface area contributed by atoms with Gasteiger partial charge in [0.2, 0.25) is 0 Å². The Labute approximate surface area is 105 Å².